The van der Waals surface area contributed by atoms with E-state index in [1.54, 1.807) is 0 Å². The molecule has 0 aromatic heterocycles. The van der Waals surface area contributed by atoms with E-state index >= 15 is 0 Å². The summed E-state index contributed by atoms with van der Waals surface area (Å²) in [7, 11) is -0.0426. The van der Waals surface area contributed by atoms with Gasteiger partial charge >= 0.3 is 0 Å². The molecule has 0 nitrogen and oxygen atoms in total. The van der Waals surface area contributed by atoms with Gasteiger partial charge in [-0.25, -0.2) is 0 Å². The first kappa shape index (κ1) is 19.8. The highest BCUT2D eigenvalue weighted by molar-refractivity contribution is 7.97. The van der Waals surface area contributed by atoms with E-state index in [4.69, 9.17) is 0 Å². The summed E-state index contributed by atoms with van der Waals surface area (Å²) in [4.78, 5) is 4.20. The molecule has 0 fully saturated rings. The molecule has 0 N–H and O–H groups in total. The maximum Gasteiger partial charge on any atom is 0.166 e. The van der Waals surface area contributed by atoms with Crippen molar-refractivity contribution in [1.29, 1.82) is 0 Å². The van der Waals surface area contributed by atoms with Crippen molar-refractivity contribution < 1.29 is 0 Å². The van der Waals surface area contributed by atoms with Gasteiger partial charge in [-0.15, -0.1) is 0 Å². The summed E-state index contributed by atoms with van der Waals surface area (Å²) in [5.74, 6) is 0. The van der Waals surface area contributed by atoms with Crippen molar-refractivity contribution >= 4 is 10.9 Å². The van der Waals surface area contributed by atoms with Gasteiger partial charge in [0.15, 0.2) is 14.7 Å². The summed E-state index contributed by atoms with van der Waals surface area (Å²) in [6.45, 7) is 4.51. The Morgan fingerprint density at radius 2 is 0.926 bits per heavy atom. The van der Waals surface area contributed by atoms with Gasteiger partial charge in [0.2, 0.25) is 0 Å². The zero-order valence-electron chi connectivity index (χ0n) is 16.7. The number of hydrogen-bond acceptors (Lipinski definition) is 0. The molecule has 0 amide bonds. The maximum absolute atomic E-state index is 2.34. The fourth-order valence-corrected chi connectivity index (χ4v) is 5.37. The summed E-state index contributed by atoms with van der Waals surface area (Å²) >= 11 is 0. The molecule has 140 valence electrons. The minimum absolute atomic E-state index is 0.0426. The number of benzene rings is 3. The van der Waals surface area contributed by atoms with Crippen molar-refractivity contribution in [2.24, 2.45) is 0 Å². The lowest BCUT2D eigenvalue weighted by atomic mass is 10.1. The summed E-state index contributed by atoms with van der Waals surface area (Å²) in [6.07, 6.45) is 7.40. The van der Waals surface area contributed by atoms with Crippen LogP contribution in [0.3, 0.4) is 0 Å². The zero-order valence-corrected chi connectivity index (χ0v) is 17.5. The monoisotopic (exact) mass is 375 g/mol. The average Bonchev–Trinajstić information content (AvgIpc) is 2.73. The number of hydrogen-bond donors (Lipinski definition) is 0. The molecule has 3 aromatic rings. The highest BCUT2D eigenvalue weighted by atomic mass is 32.2. The van der Waals surface area contributed by atoms with E-state index in [9.17, 15) is 0 Å². The van der Waals surface area contributed by atoms with Crippen molar-refractivity contribution in [3.8, 4) is 0 Å². The predicted molar refractivity (Wildman–Crippen MR) is 119 cm³/mol. The molecule has 0 saturated heterocycles. The van der Waals surface area contributed by atoms with Crippen LogP contribution < -0.4 is 0 Å². The molecular formula is C26H31S+. The van der Waals surface area contributed by atoms with Crippen LogP contribution in [0.4, 0.5) is 0 Å². The second kappa shape index (κ2) is 10.4. The number of rotatable bonds is 9. The lowest BCUT2D eigenvalue weighted by Gasteiger charge is -2.09. The second-order valence-electron chi connectivity index (χ2n) is 7.11. The van der Waals surface area contributed by atoms with E-state index in [1.165, 1.54) is 64.3 Å². The van der Waals surface area contributed by atoms with E-state index in [0.717, 1.165) is 0 Å². The van der Waals surface area contributed by atoms with Crippen LogP contribution in [0.15, 0.2) is 93.5 Å². The van der Waals surface area contributed by atoms with E-state index < -0.39 is 0 Å². The van der Waals surface area contributed by atoms with Crippen molar-refractivity contribution in [2.75, 3.05) is 0 Å². The molecule has 0 aliphatic rings. The normalized spacial score (nSPS) is 11.1. The molecule has 27 heavy (non-hydrogen) atoms. The Bertz CT molecular complexity index is 736. The third-order valence-electron chi connectivity index (χ3n) is 4.94. The lowest BCUT2D eigenvalue weighted by molar-refractivity contribution is 0.794. The summed E-state index contributed by atoms with van der Waals surface area (Å²) < 4.78 is 0. The SMILES string of the molecule is CCCCc1ccc([S+](c2ccccc2)c2ccc(CCCC)cc2)cc1. The Hall–Kier alpha value is -1.99. The van der Waals surface area contributed by atoms with Crippen LogP contribution in [0.1, 0.15) is 50.7 Å². The van der Waals surface area contributed by atoms with Crippen LogP contribution in [-0.4, -0.2) is 0 Å². The molecular weight excluding hydrogens is 344 g/mol. The molecule has 0 radical (unpaired) electrons. The van der Waals surface area contributed by atoms with Crippen LogP contribution >= 0.6 is 0 Å². The standard InChI is InChI=1S/C26H31S/c1-3-5-10-22-14-18-25(19-15-22)27(24-12-8-7-9-13-24)26-20-16-23(17-21-26)11-6-4-2/h7-9,12-21H,3-6,10-11H2,1-2H3/q+1. The Morgan fingerprint density at radius 3 is 1.33 bits per heavy atom. The van der Waals surface area contributed by atoms with Gasteiger partial charge in [-0.3, -0.25) is 0 Å². The first-order valence-corrected chi connectivity index (χ1v) is 11.5. The quantitative estimate of drug-likeness (QED) is 0.340. The highest BCUT2D eigenvalue weighted by Gasteiger charge is 2.28. The van der Waals surface area contributed by atoms with Crippen molar-refractivity contribution in [3.63, 3.8) is 0 Å². The van der Waals surface area contributed by atoms with Crippen LogP contribution in [0.2, 0.25) is 0 Å². The van der Waals surface area contributed by atoms with Gasteiger partial charge in [-0.1, -0.05) is 69.2 Å². The largest absolute Gasteiger partial charge is 0.166 e. The summed E-state index contributed by atoms with van der Waals surface area (Å²) in [6, 6.07) is 29.6. The first-order valence-electron chi connectivity index (χ1n) is 10.3. The fraction of sp³-hybridized carbons (Fsp3) is 0.308. The van der Waals surface area contributed by atoms with E-state index in [1.807, 2.05) is 0 Å². The maximum atomic E-state index is 2.34. The van der Waals surface area contributed by atoms with E-state index in [2.05, 4.69) is 92.7 Å². The number of aryl methyl sites for hydroxylation is 2. The Morgan fingerprint density at radius 1 is 0.519 bits per heavy atom. The van der Waals surface area contributed by atoms with Crippen molar-refractivity contribution in [2.45, 2.75) is 67.1 Å². The summed E-state index contributed by atoms with van der Waals surface area (Å²) in [5.41, 5.74) is 2.90. The fourth-order valence-electron chi connectivity index (χ4n) is 3.31. The van der Waals surface area contributed by atoms with Crippen LogP contribution in [0.5, 0.6) is 0 Å². The lowest BCUT2D eigenvalue weighted by Crippen LogP contribution is -2.05. The molecule has 3 rings (SSSR count). The van der Waals surface area contributed by atoms with Crippen LogP contribution in [0.25, 0.3) is 0 Å². The molecule has 0 saturated carbocycles. The average molecular weight is 376 g/mol. The minimum atomic E-state index is -0.0426. The molecule has 0 bridgehead atoms. The van der Waals surface area contributed by atoms with Crippen LogP contribution in [0, 0.1) is 0 Å². The van der Waals surface area contributed by atoms with Gasteiger partial charge < -0.3 is 0 Å². The Kier molecular flexibility index (Phi) is 7.59. The van der Waals surface area contributed by atoms with Gasteiger partial charge in [0.1, 0.15) is 0 Å². The highest BCUT2D eigenvalue weighted by Crippen LogP contribution is 2.31. The smallest absolute Gasteiger partial charge is 0.0654 e. The van der Waals surface area contributed by atoms with Gasteiger partial charge in [-0.2, -0.15) is 0 Å². The van der Waals surface area contributed by atoms with E-state index in [-0.39, 0.29) is 10.9 Å². The molecule has 0 unspecified atom stereocenters. The summed E-state index contributed by atoms with van der Waals surface area (Å²) in [5, 5.41) is 0. The second-order valence-corrected chi connectivity index (χ2v) is 9.14. The first-order chi connectivity index (χ1) is 13.3. The van der Waals surface area contributed by atoms with E-state index in [0.29, 0.717) is 0 Å². The third kappa shape index (κ3) is 5.49. The molecule has 1 heteroatoms. The number of unbranched alkanes of at least 4 members (excludes halogenated alkanes) is 2. The molecule has 0 aliphatic heterocycles. The van der Waals surface area contributed by atoms with Gasteiger partial charge in [0.25, 0.3) is 0 Å². The Balaban J connectivity index is 1.90. The topological polar surface area (TPSA) is 0 Å². The molecule has 3 aromatic carbocycles. The van der Waals surface area contributed by atoms with Crippen molar-refractivity contribution in [1.82, 2.24) is 0 Å². The third-order valence-corrected chi connectivity index (χ3v) is 7.17. The molecule has 0 heterocycles. The van der Waals surface area contributed by atoms with Gasteiger partial charge in [0, 0.05) is 0 Å². The predicted octanol–water partition coefficient (Wildman–Crippen LogP) is 7.47. The van der Waals surface area contributed by atoms with Crippen molar-refractivity contribution in [3.05, 3.63) is 90.0 Å². The van der Waals surface area contributed by atoms with Gasteiger partial charge in [-0.05, 0) is 73.2 Å². The van der Waals surface area contributed by atoms with Crippen LogP contribution in [-0.2, 0) is 23.7 Å². The molecule has 0 spiro atoms. The molecule has 0 aliphatic carbocycles. The minimum Gasteiger partial charge on any atom is -0.0654 e. The Labute approximate surface area is 168 Å². The van der Waals surface area contributed by atoms with Gasteiger partial charge in [0.05, 0.1) is 10.9 Å². The zero-order chi connectivity index (χ0) is 18.9. The molecule has 0 atom stereocenters.